The fourth-order valence-electron chi connectivity index (χ4n) is 5.62. The Labute approximate surface area is 250 Å². The van der Waals surface area contributed by atoms with Gasteiger partial charge in [0.1, 0.15) is 5.03 Å². The molecule has 1 unspecified atom stereocenters. The molecule has 2 fully saturated rings. The first-order valence-electron chi connectivity index (χ1n) is 13.8. The molecule has 2 aliphatic heterocycles. The predicted molar refractivity (Wildman–Crippen MR) is 160 cm³/mol. The van der Waals surface area contributed by atoms with E-state index in [2.05, 4.69) is 21.9 Å². The molecule has 2 aromatic carbocycles. The number of carboxylic acid groups (broad SMARTS) is 1. The van der Waals surface area contributed by atoms with Crippen LogP contribution in [0.4, 0.5) is 4.79 Å². The van der Waals surface area contributed by atoms with E-state index in [1.54, 1.807) is 19.2 Å². The van der Waals surface area contributed by atoms with Gasteiger partial charge in [-0.25, -0.2) is 14.6 Å². The Bertz CT molecular complexity index is 1380. The van der Waals surface area contributed by atoms with Gasteiger partial charge in [-0.15, -0.1) is 0 Å². The van der Waals surface area contributed by atoms with Crippen molar-refractivity contribution in [3.63, 3.8) is 0 Å². The number of carbonyl (C=O) groups is 2. The Kier molecular flexibility index (Phi) is 9.49. The van der Waals surface area contributed by atoms with Crippen molar-refractivity contribution in [3.05, 3.63) is 88.1 Å². The summed E-state index contributed by atoms with van der Waals surface area (Å²) in [4.78, 5) is 36.8. The molecule has 5 rings (SSSR count). The summed E-state index contributed by atoms with van der Waals surface area (Å²) in [5, 5.41) is 10.7. The van der Waals surface area contributed by atoms with Crippen LogP contribution in [0.15, 0.2) is 70.6 Å². The molecule has 0 aliphatic carbocycles. The molecule has 0 spiro atoms. The van der Waals surface area contributed by atoms with Gasteiger partial charge in [0, 0.05) is 61.5 Å². The third-order valence-electron chi connectivity index (χ3n) is 7.86. The Morgan fingerprint density at radius 3 is 2.54 bits per heavy atom. The van der Waals surface area contributed by atoms with Gasteiger partial charge in [0.25, 0.3) is 0 Å². The van der Waals surface area contributed by atoms with Crippen LogP contribution < -0.4 is 0 Å². The third-order valence-corrected chi connectivity index (χ3v) is 9.04. The summed E-state index contributed by atoms with van der Waals surface area (Å²) >= 11 is 7.84. The zero-order valence-corrected chi connectivity index (χ0v) is 24.9. The molecule has 1 N–H and O–H groups in total. The average Bonchev–Trinajstić information content (AvgIpc) is 3.30. The fourth-order valence-corrected chi connectivity index (χ4v) is 6.66. The zero-order valence-electron chi connectivity index (χ0n) is 23.3. The highest BCUT2D eigenvalue weighted by molar-refractivity contribution is 7.99. The number of halogens is 1. The highest BCUT2D eigenvalue weighted by atomic mass is 35.5. The van der Waals surface area contributed by atoms with Crippen LogP contribution >= 0.6 is 23.4 Å². The number of carboxylic acids is 1. The molecule has 2 saturated heterocycles. The number of aryl methyl sites for hydroxylation is 1. The SMILES string of the molecule is COCCN1CC(c2cccc(Cl)c2)N(C2CCN(Cc3ccc(Sc4ccc(C(=O)O)cc4)nc3C)CC2)C1=O. The Hall–Kier alpha value is -3.11. The number of benzene rings is 2. The molecule has 1 atom stereocenters. The lowest BCUT2D eigenvalue weighted by molar-refractivity contribution is 0.0696. The van der Waals surface area contributed by atoms with Crippen LogP contribution in [0.3, 0.4) is 0 Å². The average molecular weight is 595 g/mol. The summed E-state index contributed by atoms with van der Waals surface area (Å²) in [6.45, 7) is 6.39. The van der Waals surface area contributed by atoms with Crippen molar-refractivity contribution < 1.29 is 19.4 Å². The van der Waals surface area contributed by atoms with E-state index in [1.807, 2.05) is 48.2 Å². The Morgan fingerprint density at radius 1 is 1.12 bits per heavy atom. The van der Waals surface area contributed by atoms with E-state index in [-0.39, 0.29) is 23.7 Å². The van der Waals surface area contributed by atoms with Gasteiger partial charge in [0.15, 0.2) is 0 Å². The van der Waals surface area contributed by atoms with E-state index in [9.17, 15) is 9.59 Å². The molecule has 10 heteroatoms. The van der Waals surface area contributed by atoms with Gasteiger partial charge >= 0.3 is 12.0 Å². The number of hydrogen-bond acceptors (Lipinski definition) is 6. The molecule has 1 aromatic heterocycles. The molecule has 8 nitrogen and oxygen atoms in total. The van der Waals surface area contributed by atoms with E-state index < -0.39 is 5.97 Å². The van der Waals surface area contributed by atoms with Crippen molar-refractivity contribution in [2.45, 2.75) is 48.3 Å². The summed E-state index contributed by atoms with van der Waals surface area (Å²) < 4.78 is 5.26. The van der Waals surface area contributed by atoms with Gasteiger partial charge in [0.05, 0.1) is 18.2 Å². The number of carbonyl (C=O) groups excluding carboxylic acids is 1. The van der Waals surface area contributed by atoms with Crippen LogP contribution in [0.5, 0.6) is 0 Å². The second kappa shape index (κ2) is 13.2. The molecule has 0 bridgehead atoms. The van der Waals surface area contributed by atoms with Crippen LogP contribution in [0.2, 0.25) is 5.02 Å². The number of amides is 2. The van der Waals surface area contributed by atoms with Gasteiger partial charge in [-0.2, -0.15) is 0 Å². The number of rotatable bonds is 10. The fraction of sp³-hybridized carbons (Fsp3) is 0.387. The van der Waals surface area contributed by atoms with Crippen LogP contribution in [0.1, 0.15) is 46.1 Å². The van der Waals surface area contributed by atoms with Gasteiger partial charge < -0.3 is 19.6 Å². The first-order valence-corrected chi connectivity index (χ1v) is 15.0. The number of pyridine rings is 1. The highest BCUT2D eigenvalue weighted by Gasteiger charge is 2.42. The van der Waals surface area contributed by atoms with Crippen molar-refractivity contribution in [1.29, 1.82) is 0 Å². The molecule has 0 radical (unpaired) electrons. The monoisotopic (exact) mass is 594 g/mol. The molecular weight excluding hydrogens is 560 g/mol. The second-order valence-corrected chi connectivity index (χ2v) is 12.1. The number of likely N-dealkylation sites (tertiary alicyclic amines) is 1. The number of piperidine rings is 1. The summed E-state index contributed by atoms with van der Waals surface area (Å²) in [5.74, 6) is -0.930. The molecule has 3 aromatic rings. The minimum Gasteiger partial charge on any atom is -0.478 e. The quantitative estimate of drug-likeness (QED) is 0.309. The van der Waals surface area contributed by atoms with E-state index in [1.165, 1.54) is 17.3 Å². The normalized spacial score (nSPS) is 18.3. The van der Waals surface area contributed by atoms with Gasteiger partial charge in [-0.3, -0.25) is 4.90 Å². The van der Waals surface area contributed by atoms with Gasteiger partial charge in [-0.1, -0.05) is 41.6 Å². The smallest absolute Gasteiger partial charge is 0.335 e. The number of methoxy groups -OCH3 is 1. The van der Waals surface area contributed by atoms with E-state index in [0.717, 1.165) is 53.7 Å². The van der Waals surface area contributed by atoms with Crippen molar-refractivity contribution in [2.75, 3.05) is 39.9 Å². The first-order chi connectivity index (χ1) is 19.8. The standard InChI is InChI=1S/C31H35ClN4O4S/c1-21-24(8-11-29(33-21)41-27-9-6-22(7-10-27)30(37)38)19-34-14-12-26(13-15-34)36-28(23-4-3-5-25(32)18-23)20-35(31(36)39)16-17-40-2/h3-11,18,26,28H,12-17,19-20H2,1-2H3,(H,37,38). The lowest BCUT2D eigenvalue weighted by Crippen LogP contribution is -2.47. The van der Waals surface area contributed by atoms with Crippen LogP contribution in [-0.4, -0.2) is 82.7 Å². The predicted octanol–water partition coefficient (Wildman–Crippen LogP) is 5.98. The highest BCUT2D eigenvalue weighted by Crippen LogP contribution is 2.36. The molecule has 3 heterocycles. The maximum Gasteiger partial charge on any atom is 0.335 e. The molecular formula is C31H35ClN4O4S. The number of ether oxygens (including phenoxy) is 1. The minimum absolute atomic E-state index is 0.0218. The van der Waals surface area contributed by atoms with Crippen molar-refractivity contribution in [1.82, 2.24) is 19.7 Å². The van der Waals surface area contributed by atoms with E-state index in [4.69, 9.17) is 26.4 Å². The third kappa shape index (κ3) is 7.04. The maximum atomic E-state index is 13.5. The summed E-state index contributed by atoms with van der Waals surface area (Å²) in [7, 11) is 1.66. The molecule has 0 saturated carbocycles. The summed E-state index contributed by atoms with van der Waals surface area (Å²) in [5.41, 5.74) is 3.53. The van der Waals surface area contributed by atoms with Crippen LogP contribution in [-0.2, 0) is 11.3 Å². The Balaban J connectivity index is 1.21. The number of urea groups is 1. The van der Waals surface area contributed by atoms with Crippen molar-refractivity contribution >= 4 is 35.4 Å². The number of aromatic nitrogens is 1. The maximum absolute atomic E-state index is 13.5. The van der Waals surface area contributed by atoms with Crippen LogP contribution in [0.25, 0.3) is 0 Å². The van der Waals surface area contributed by atoms with E-state index >= 15 is 0 Å². The number of hydrogen-bond donors (Lipinski definition) is 1. The van der Waals surface area contributed by atoms with Crippen molar-refractivity contribution in [3.8, 4) is 0 Å². The summed E-state index contributed by atoms with van der Waals surface area (Å²) in [6, 6.07) is 19.1. The molecule has 216 valence electrons. The largest absolute Gasteiger partial charge is 0.478 e. The minimum atomic E-state index is -0.930. The van der Waals surface area contributed by atoms with Gasteiger partial charge in [-0.05, 0) is 73.4 Å². The molecule has 2 aliphatic rings. The molecule has 41 heavy (non-hydrogen) atoms. The molecule has 2 amide bonds. The number of aromatic carboxylic acids is 1. The lowest BCUT2D eigenvalue weighted by atomic mass is 9.98. The van der Waals surface area contributed by atoms with E-state index in [0.29, 0.717) is 24.7 Å². The second-order valence-electron chi connectivity index (χ2n) is 10.5. The summed E-state index contributed by atoms with van der Waals surface area (Å²) in [6.07, 6.45) is 1.82. The number of nitrogens with zero attached hydrogens (tertiary/aromatic N) is 4. The van der Waals surface area contributed by atoms with Crippen LogP contribution in [0, 0.1) is 6.92 Å². The topological polar surface area (TPSA) is 86.2 Å². The van der Waals surface area contributed by atoms with Gasteiger partial charge in [0.2, 0.25) is 0 Å². The first kappa shape index (κ1) is 29.4. The lowest BCUT2D eigenvalue weighted by Gasteiger charge is -2.39. The van der Waals surface area contributed by atoms with Crippen molar-refractivity contribution in [2.24, 2.45) is 0 Å². The zero-order chi connectivity index (χ0) is 28.9. The Morgan fingerprint density at radius 2 is 1.88 bits per heavy atom.